The van der Waals surface area contributed by atoms with Gasteiger partial charge in [-0.1, -0.05) is 136 Å². The summed E-state index contributed by atoms with van der Waals surface area (Å²) >= 11 is 0. The number of hydrogen-bond donors (Lipinski definition) is 2. The zero-order valence-electron chi connectivity index (χ0n) is 29.2. The van der Waals surface area contributed by atoms with Crippen molar-refractivity contribution >= 4 is 11.4 Å². The molecule has 6 aromatic carbocycles. The van der Waals surface area contributed by atoms with Gasteiger partial charge in [0.25, 0.3) is 0 Å². The maximum atomic E-state index is 5.86. The maximum Gasteiger partial charge on any atom is 0.0314 e. The quantitative estimate of drug-likeness (QED) is 0.116. The number of nitrogen functional groups attached to an aromatic ring is 2. The summed E-state index contributed by atoms with van der Waals surface area (Å²) < 4.78 is 0. The van der Waals surface area contributed by atoms with E-state index in [1.54, 1.807) is 0 Å². The van der Waals surface area contributed by atoms with E-state index >= 15 is 0 Å². The second-order valence-corrected chi connectivity index (χ2v) is 13.7. The number of aryl methyl sites for hydroxylation is 2. The van der Waals surface area contributed by atoms with Crippen LogP contribution in [0.1, 0.15) is 93.5 Å². The van der Waals surface area contributed by atoms with Gasteiger partial charge < -0.3 is 11.5 Å². The average molecular weight is 643 g/mol. The van der Waals surface area contributed by atoms with Gasteiger partial charge in [0.05, 0.1) is 0 Å². The van der Waals surface area contributed by atoms with Crippen LogP contribution in [0.4, 0.5) is 11.4 Å². The molecule has 248 valence electrons. The molecule has 0 bridgehead atoms. The second-order valence-electron chi connectivity index (χ2n) is 13.7. The Morgan fingerprint density at radius 2 is 0.571 bits per heavy atom. The zero-order chi connectivity index (χ0) is 34.0. The van der Waals surface area contributed by atoms with Crippen LogP contribution < -0.4 is 11.5 Å². The Labute approximate surface area is 293 Å². The van der Waals surface area contributed by atoms with Crippen molar-refractivity contribution in [3.63, 3.8) is 0 Å². The molecule has 0 aliphatic heterocycles. The van der Waals surface area contributed by atoms with E-state index in [1.807, 2.05) is 24.3 Å². The summed E-state index contributed by atoms with van der Waals surface area (Å²) in [5, 5.41) is 0. The molecule has 0 saturated heterocycles. The number of rotatable bonds is 14. The molecule has 4 N–H and O–H groups in total. The van der Waals surface area contributed by atoms with Crippen molar-refractivity contribution in [1.29, 1.82) is 0 Å². The van der Waals surface area contributed by atoms with Gasteiger partial charge in [0.15, 0.2) is 0 Å². The number of benzene rings is 6. The van der Waals surface area contributed by atoms with Gasteiger partial charge in [-0.25, -0.2) is 0 Å². The van der Waals surface area contributed by atoms with Crippen LogP contribution in [0.5, 0.6) is 0 Å². The first-order valence-corrected chi connectivity index (χ1v) is 18.0. The highest BCUT2D eigenvalue weighted by Gasteiger charge is 2.11. The molecule has 2 nitrogen and oxygen atoms in total. The van der Waals surface area contributed by atoms with E-state index in [9.17, 15) is 0 Å². The molecule has 0 atom stereocenters. The summed E-state index contributed by atoms with van der Waals surface area (Å²) in [6.07, 6.45) is 9.27. The molecule has 6 rings (SSSR count). The summed E-state index contributed by atoms with van der Waals surface area (Å²) in [7, 11) is 0. The maximum absolute atomic E-state index is 5.86. The third-order valence-electron chi connectivity index (χ3n) is 9.60. The van der Waals surface area contributed by atoms with E-state index in [-0.39, 0.29) is 0 Å². The Morgan fingerprint density at radius 1 is 0.306 bits per heavy atom. The monoisotopic (exact) mass is 642 g/mol. The molecular formula is C47H50N2. The molecule has 49 heavy (non-hydrogen) atoms. The van der Waals surface area contributed by atoms with Crippen LogP contribution in [-0.4, -0.2) is 0 Å². The normalized spacial score (nSPS) is 11.1. The van der Waals surface area contributed by atoms with E-state index in [2.05, 4.69) is 123 Å². The van der Waals surface area contributed by atoms with Crippen molar-refractivity contribution in [2.24, 2.45) is 0 Å². The minimum atomic E-state index is 0.812. The fraction of sp³-hybridized carbons (Fsp3) is 0.234. The molecule has 0 saturated carbocycles. The van der Waals surface area contributed by atoms with Gasteiger partial charge in [0, 0.05) is 11.4 Å². The molecule has 0 radical (unpaired) electrons. The summed E-state index contributed by atoms with van der Waals surface area (Å²) in [4.78, 5) is 0. The SMILES string of the molecule is CCCc1cc(Cc2ccc(Cc3ccc(N)cc3)cc2)ccc1Cc1ccc(Cc2ccc(Cc3ccc(N)cc3)cc2)cc1CCC. The number of anilines is 2. The largest absolute Gasteiger partial charge is 0.399 e. The fourth-order valence-corrected chi connectivity index (χ4v) is 6.90. The molecule has 2 heteroatoms. The Kier molecular flexibility index (Phi) is 11.3. The number of nitrogens with two attached hydrogens (primary N) is 2. The lowest BCUT2D eigenvalue weighted by Crippen LogP contribution is -2.02. The molecule has 0 amide bonds. The smallest absolute Gasteiger partial charge is 0.0314 e. The Balaban J connectivity index is 1.12. The Morgan fingerprint density at radius 3 is 0.878 bits per heavy atom. The van der Waals surface area contributed by atoms with Crippen molar-refractivity contribution in [1.82, 2.24) is 0 Å². The molecule has 0 aliphatic rings. The van der Waals surface area contributed by atoms with E-state index < -0.39 is 0 Å². The molecule has 0 fully saturated rings. The van der Waals surface area contributed by atoms with Crippen molar-refractivity contribution in [2.45, 2.75) is 71.6 Å². The molecule has 0 aliphatic carbocycles. The summed E-state index contributed by atoms with van der Waals surface area (Å²) in [6.45, 7) is 4.58. The highest BCUT2D eigenvalue weighted by molar-refractivity contribution is 5.44. The standard InChI is InChI=1S/C47H50N2/c1-3-5-42-31-40(29-36-11-7-34(8-12-36)27-38-17-23-46(48)24-18-38)15-21-44(42)33-45-22-16-41(32-43(45)6-4-2)30-37-13-9-35(10-14-37)28-39-19-25-47(49)26-20-39/h7-26,31-32H,3-6,27-30,33,48-49H2,1-2H3. The minimum absolute atomic E-state index is 0.812. The van der Waals surface area contributed by atoms with Gasteiger partial charge in [-0.15, -0.1) is 0 Å². The molecule has 0 heterocycles. The predicted octanol–water partition coefficient (Wildman–Crippen LogP) is 10.7. The minimum Gasteiger partial charge on any atom is -0.399 e. The summed E-state index contributed by atoms with van der Waals surface area (Å²) in [6, 6.07) is 49.0. The first-order chi connectivity index (χ1) is 23.9. The van der Waals surface area contributed by atoms with Crippen molar-refractivity contribution in [3.05, 3.63) is 200 Å². The van der Waals surface area contributed by atoms with E-state index in [4.69, 9.17) is 11.5 Å². The van der Waals surface area contributed by atoms with Crippen molar-refractivity contribution in [3.8, 4) is 0 Å². The second kappa shape index (κ2) is 16.3. The van der Waals surface area contributed by atoms with Crippen LogP contribution >= 0.6 is 0 Å². The topological polar surface area (TPSA) is 52.0 Å². The van der Waals surface area contributed by atoms with Crippen LogP contribution in [-0.2, 0) is 44.9 Å². The average Bonchev–Trinajstić information content (AvgIpc) is 3.11. The molecule has 0 spiro atoms. The van der Waals surface area contributed by atoms with E-state index in [0.717, 1.165) is 69.2 Å². The van der Waals surface area contributed by atoms with Crippen LogP contribution in [0.3, 0.4) is 0 Å². The summed E-state index contributed by atoms with van der Waals surface area (Å²) in [5.41, 5.74) is 30.0. The molecule has 0 unspecified atom stereocenters. The highest BCUT2D eigenvalue weighted by Crippen LogP contribution is 2.25. The van der Waals surface area contributed by atoms with Crippen molar-refractivity contribution in [2.75, 3.05) is 11.5 Å². The molecule has 6 aromatic rings. The van der Waals surface area contributed by atoms with E-state index in [0.29, 0.717) is 0 Å². The molecule has 0 aromatic heterocycles. The van der Waals surface area contributed by atoms with E-state index in [1.165, 1.54) is 66.8 Å². The first kappa shape index (κ1) is 33.8. The third-order valence-corrected chi connectivity index (χ3v) is 9.60. The van der Waals surface area contributed by atoms with Gasteiger partial charge in [-0.05, 0) is 136 Å². The molecular weight excluding hydrogens is 593 g/mol. The van der Waals surface area contributed by atoms with Gasteiger partial charge in [-0.2, -0.15) is 0 Å². The van der Waals surface area contributed by atoms with Crippen molar-refractivity contribution < 1.29 is 0 Å². The lowest BCUT2D eigenvalue weighted by molar-refractivity contribution is 0.882. The Hall–Kier alpha value is -5.08. The van der Waals surface area contributed by atoms with Gasteiger partial charge in [0.1, 0.15) is 0 Å². The lowest BCUT2D eigenvalue weighted by atomic mass is 9.89. The fourth-order valence-electron chi connectivity index (χ4n) is 6.90. The zero-order valence-corrected chi connectivity index (χ0v) is 29.2. The predicted molar refractivity (Wildman–Crippen MR) is 209 cm³/mol. The van der Waals surface area contributed by atoms with Crippen LogP contribution in [0.15, 0.2) is 133 Å². The third kappa shape index (κ3) is 9.51. The van der Waals surface area contributed by atoms with Gasteiger partial charge in [-0.3, -0.25) is 0 Å². The highest BCUT2D eigenvalue weighted by atomic mass is 14.5. The van der Waals surface area contributed by atoms with Gasteiger partial charge in [0.2, 0.25) is 0 Å². The first-order valence-electron chi connectivity index (χ1n) is 18.0. The lowest BCUT2D eigenvalue weighted by Gasteiger charge is -2.16. The number of hydrogen-bond acceptors (Lipinski definition) is 2. The van der Waals surface area contributed by atoms with Gasteiger partial charge >= 0.3 is 0 Å². The van der Waals surface area contributed by atoms with Crippen LogP contribution in [0, 0.1) is 0 Å². The van der Waals surface area contributed by atoms with Crippen LogP contribution in [0.2, 0.25) is 0 Å². The Bertz CT molecular complexity index is 1790. The van der Waals surface area contributed by atoms with Crippen LogP contribution in [0.25, 0.3) is 0 Å². The summed E-state index contributed by atoms with van der Waals surface area (Å²) in [5.74, 6) is 0.